The van der Waals surface area contributed by atoms with Crippen LogP contribution in [0.2, 0.25) is 0 Å². The molecule has 2 aromatic carbocycles. The molecule has 0 spiro atoms. The lowest BCUT2D eigenvalue weighted by molar-refractivity contribution is -0.123. The molecule has 6 nitrogen and oxygen atoms in total. The zero-order chi connectivity index (χ0) is 21.8. The predicted octanol–water partition coefficient (Wildman–Crippen LogP) is 4.17. The summed E-state index contributed by atoms with van der Waals surface area (Å²) in [4.78, 5) is 16.4. The Labute approximate surface area is 187 Å². The SMILES string of the molecule is O=C(COc1ccc2ccccc2c1)NCCn1nc(-c2ccncc2)c2c1CCCC2. The normalized spacial score (nSPS) is 13.0. The van der Waals surface area contributed by atoms with E-state index in [1.165, 1.54) is 24.1 Å². The fraction of sp³-hybridized carbons (Fsp3) is 0.269. The molecule has 4 aromatic rings. The highest BCUT2D eigenvalue weighted by molar-refractivity contribution is 5.84. The zero-order valence-electron chi connectivity index (χ0n) is 18.0. The van der Waals surface area contributed by atoms with E-state index in [1.807, 2.05) is 48.5 Å². The maximum absolute atomic E-state index is 12.3. The maximum Gasteiger partial charge on any atom is 0.258 e. The molecule has 6 heteroatoms. The monoisotopic (exact) mass is 426 g/mol. The van der Waals surface area contributed by atoms with E-state index in [2.05, 4.69) is 21.0 Å². The van der Waals surface area contributed by atoms with Crippen molar-refractivity contribution in [3.8, 4) is 17.0 Å². The van der Waals surface area contributed by atoms with Crippen LogP contribution in [0.4, 0.5) is 0 Å². The van der Waals surface area contributed by atoms with Crippen LogP contribution in [0.1, 0.15) is 24.1 Å². The number of carbonyl (C=O) groups is 1. The van der Waals surface area contributed by atoms with Crippen LogP contribution in [0.3, 0.4) is 0 Å². The van der Waals surface area contributed by atoms with E-state index >= 15 is 0 Å². The minimum atomic E-state index is -0.131. The quantitative estimate of drug-likeness (QED) is 0.482. The molecule has 0 fully saturated rings. The Morgan fingerprint density at radius 3 is 2.69 bits per heavy atom. The number of carbonyl (C=O) groups excluding carboxylic acids is 1. The molecule has 0 bridgehead atoms. The number of hydrogen-bond acceptors (Lipinski definition) is 4. The van der Waals surface area contributed by atoms with Crippen molar-refractivity contribution in [1.82, 2.24) is 20.1 Å². The number of hydrogen-bond donors (Lipinski definition) is 1. The number of amides is 1. The van der Waals surface area contributed by atoms with Crippen LogP contribution in [0.15, 0.2) is 67.0 Å². The third-order valence-corrected chi connectivity index (χ3v) is 5.95. The van der Waals surface area contributed by atoms with Crippen molar-refractivity contribution in [1.29, 1.82) is 0 Å². The van der Waals surface area contributed by atoms with Crippen molar-refractivity contribution in [2.75, 3.05) is 13.2 Å². The summed E-state index contributed by atoms with van der Waals surface area (Å²) in [7, 11) is 0. The molecular formula is C26H26N4O2. The van der Waals surface area contributed by atoms with Gasteiger partial charge in [0.2, 0.25) is 0 Å². The fourth-order valence-electron chi connectivity index (χ4n) is 4.36. The number of rotatable bonds is 7. The van der Waals surface area contributed by atoms with Gasteiger partial charge in [0.05, 0.1) is 12.2 Å². The van der Waals surface area contributed by atoms with Crippen LogP contribution in [-0.2, 0) is 24.2 Å². The first-order chi connectivity index (χ1) is 15.8. The molecule has 2 heterocycles. The molecule has 1 amide bonds. The molecular weight excluding hydrogens is 400 g/mol. The molecule has 0 saturated carbocycles. The van der Waals surface area contributed by atoms with E-state index in [4.69, 9.17) is 9.84 Å². The van der Waals surface area contributed by atoms with E-state index in [-0.39, 0.29) is 12.5 Å². The first-order valence-electron chi connectivity index (χ1n) is 11.2. The van der Waals surface area contributed by atoms with E-state index in [1.54, 1.807) is 12.4 Å². The second-order valence-electron chi connectivity index (χ2n) is 8.09. The third-order valence-electron chi connectivity index (χ3n) is 5.95. The summed E-state index contributed by atoms with van der Waals surface area (Å²) in [5.41, 5.74) is 4.79. The minimum Gasteiger partial charge on any atom is -0.484 e. The molecule has 0 radical (unpaired) electrons. The van der Waals surface area contributed by atoms with Gasteiger partial charge in [-0.25, -0.2) is 0 Å². The lowest BCUT2D eigenvalue weighted by Crippen LogP contribution is -2.32. The summed E-state index contributed by atoms with van der Waals surface area (Å²) >= 11 is 0. The predicted molar refractivity (Wildman–Crippen MR) is 125 cm³/mol. The molecule has 0 aliphatic heterocycles. The number of fused-ring (bicyclic) bond motifs is 2. The number of ether oxygens (including phenoxy) is 1. The number of benzene rings is 2. The number of nitrogens with zero attached hydrogens (tertiary/aromatic N) is 3. The second-order valence-corrected chi connectivity index (χ2v) is 8.09. The highest BCUT2D eigenvalue weighted by Crippen LogP contribution is 2.30. The van der Waals surface area contributed by atoms with Crippen LogP contribution in [0.5, 0.6) is 5.75 Å². The summed E-state index contributed by atoms with van der Waals surface area (Å²) in [6.07, 6.45) is 8.07. The highest BCUT2D eigenvalue weighted by atomic mass is 16.5. The zero-order valence-corrected chi connectivity index (χ0v) is 18.0. The number of nitrogens with one attached hydrogen (secondary N) is 1. The van der Waals surface area contributed by atoms with Gasteiger partial charge in [-0.3, -0.25) is 14.5 Å². The summed E-state index contributed by atoms with van der Waals surface area (Å²) in [6.45, 7) is 1.16. The van der Waals surface area contributed by atoms with Crippen LogP contribution in [-0.4, -0.2) is 33.8 Å². The standard InChI is InChI=1S/C26H26N4O2/c31-25(18-32-22-10-9-19-5-1-2-6-21(19)17-22)28-15-16-30-24-8-4-3-7-23(24)26(29-30)20-11-13-27-14-12-20/h1-2,5-6,9-14,17H,3-4,7-8,15-16,18H2,(H,28,31). The average molecular weight is 427 g/mol. The molecule has 32 heavy (non-hydrogen) atoms. The molecule has 1 aliphatic rings. The van der Waals surface area contributed by atoms with Crippen molar-refractivity contribution in [3.63, 3.8) is 0 Å². The van der Waals surface area contributed by atoms with Gasteiger partial charge in [-0.05, 0) is 60.7 Å². The van der Waals surface area contributed by atoms with Crippen molar-refractivity contribution in [2.45, 2.75) is 32.2 Å². The summed E-state index contributed by atoms with van der Waals surface area (Å²) in [5.74, 6) is 0.565. The lowest BCUT2D eigenvalue weighted by Gasteiger charge is -2.14. The van der Waals surface area contributed by atoms with Gasteiger partial charge in [-0.1, -0.05) is 30.3 Å². The summed E-state index contributed by atoms with van der Waals surface area (Å²) < 4.78 is 7.75. The molecule has 162 valence electrons. The van der Waals surface area contributed by atoms with Crippen molar-refractivity contribution < 1.29 is 9.53 Å². The van der Waals surface area contributed by atoms with Crippen molar-refractivity contribution in [2.24, 2.45) is 0 Å². The van der Waals surface area contributed by atoms with E-state index in [0.717, 1.165) is 34.9 Å². The van der Waals surface area contributed by atoms with Gasteiger partial charge in [0, 0.05) is 35.8 Å². The van der Waals surface area contributed by atoms with Crippen molar-refractivity contribution >= 4 is 16.7 Å². The van der Waals surface area contributed by atoms with Gasteiger partial charge in [0.15, 0.2) is 6.61 Å². The molecule has 5 rings (SSSR count). The minimum absolute atomic E-state index is 0.00216. The van der Waals surface area contributed by atoms with Crippen LogP contribution >= 0.6 is 0 Å². The van der Waals surface area contributed by atoms with Crippen LogP contribution < -0.4 is 10.1 Å². The Morgan fingerprint density at radius 1 is 1.00 bits per heavy atom. The largest absolute Gasteiger partial charge is 0.484 e. The topological polar surface area (TPSA) is 69.0 Å². The Bertz CT molecular complexity index is 1230. The van der Waals surface area contributed by atoms with E-state index in [0.29, 0.717) is 18.8 Å². The van der Waals surface area contributed by atoms with E-state index < -0.39 is 0 Å². The van der Waals surface area contributed by atoms with E-state index in [9.17, 15) is 4.79 Å². The maximum atomic E-state index is 12.3. The van der Waals surface area contributed by atoms with Gasteiger partial charge in [0.25, 0.3) is 5.91 Å². The Hall–Kier alpha value is -3.67. The van der Waals surface area contributed by atoms with Crippen molar-refractivity contribution in [3.05, 3.63) is 78.2 Å². The number of aromatic nitrogens is 3. The summed E-state index contributed by atoms with van der Waals surface area (Å²) in [5, 5.41) is 10.1. The van der Waals surface area contributed by atoms with Crippen LogP contribution in [0, 0.1) is 0 Å². The molecule has 1 aliphatic carbocycles. The highest BCUT2D eigenvalue weighted by Gasteiger charge is 2.21. The second kappa shape index (κ2) is 9.22. The van der Waals surface area contributed by atoms with Gasteiger partial charge >= 0.3 is 0 Å². The Kier molecular flexibility index (Phi) is 5.83. The van der Waals surface area contributed by atoms with Gasteiger partial charge < -0.3 is 10.1 Å². The van der Waals surface area contributed by atoms with Gasteiger partial charge in [-0.15, -0.1) is 0 Å². The van der Waals surface area contributed by atoms with Gasteiger partial charge in [0.1, 0.15) is 5.75 Å². The molecule has 1 N–H and O–H groups in total. The molecule has 0 saturated heterocycles. The number of pyridine rings is 1. The Balaban J connectivity index is 1.19. The van der Waals surface area contributed by atoms with Crippen LogP contribution in [0.25, 0.3) is 22.0 Å². The summed E-state index contributed by atoms with van der Waals surface area (Å²) in [6, 6.07) is 18.0. The first-order valence-corrected chi connectivity index (χ1v) is 11.2. The average Bonchev–Trinajstić information content (AvgIpc) is 3.22. The first kappa shape index (κ1) is 20.2. The van der Waals surface area contributed by atoms with Gasteiger partial charge in [-0.2, -0.15) is 5.10 Å². The molecule has 0 atom stereocenters. The molecule has 2 aromatic heterocycles. The fourth-order valence-corrected chi connectivity index (χ4v) is 4.36. The lowest BCUT2D eigenvalue weighted by atomic mass is 9.94. The molecule has 0 unspecified atom stereocenters. The Morgan fingerprint density at radius 2 is 1.81 bits per heavy atom. The smallest absolute Gasteiger partial charge is 0.258 e. The third kappa shape index (κ3) is 4.35.